The number of likely N-dealkylation sites (N-methyl/N-ethyl adjacent to an activating group) is 1. The molecule has 4 heteroatoms. The van der Waals surface area contributed by atoms with E-state index in [-0.39, 0.29) is 6.04 Å². The first-order valence-electron chi connectivity index (χ1n) is 5.34. The van der Waals surface area contributed by atoms with Gasteiger partial charge in [0.2, 0.25) is 0 Å². The lowest BCUT2D eigenvalue weighted by Crippen LogP contribution is -2.40. The van der Waals surface area contributed by atoms with Crippen LogP contribution in [0.4, 0.5) is 11.4 Å². The normalized spacial score (nSPS) is 18.5. The van der Waals surface area contributed by atoms with Crippen molar-refractivity contribution in [3.63, 3.8) is 0 Å². The van der Waals surface area contributed by atoms with Gasteiger partial charge in [0.1, 0.15) is 12.4 Å². The summed E-state index contributed by atoms with van der Waals surface area (Å²) in [7, 11) is 2.03. The minimum Gasteiger partial charge on any atom is -0.489 e. The van der Waals surface area contributed by atoms with Crippen LogP contribution in [0.2, 0.25) is 0 Å². The molecule has 0 radical (unpaired) electrons. The van der Waals surface area contributed by atoms with E-state index in [0.29, 0.717) is 18.7 Å². The van der Waals surface area contributed by atoms with Gasteiger partial charge in [-0.15, -0.1) is 0 Å². The van der Waals surface area contributed by atoms with E-state index in [0.717, 1.165) is 17.9 Å². The van der Waals surface area contributed by atoms with Crippen molar-refractivity contribution in [1.29, 1.82) is 5.26 Å². The highest BCUT2D eigenvalue weighted by Gasteiger charge is 2.24. The molecule has 0 fully saturated rings. The molecule has 0 aliphatic carbocycles. The van der Waals surface area contributed by atoms with Gasteiger partial charge in [0.05, 0.1) is 17.8 Å². The van der Waals surface area contributed by atoms with E-state index in [1.165, 1.54) is 0 Å². The largest absolute Gasteiger partial charge is 0.489 e. The van der Waals surface area contributed by atoms with E-state index in [1.807, 2.05) is 25.2 Å². The van der Waals surface area contributed by atoms with E-state index in [1.54, 1.807) is 0 Å². The molecule has 84 valence electrons. The number of hydrogen-bond acceptors (Lipinski definition) is 4. The second-order valence-electron chi connectivity index (χ2n) is 4.00. The Hall–Kier alpha value is -1.89. The van der Waals surface area contributed by atoms with Crippen LogP contribution in [0.5, 0.6) is 5.75 Å². The lowest BCUT2D eigenvalue weighted by atomic mass is 10.1. The first kappa shape index (κ1) is 10.6. The lowest BCUT2D eigenvalue weighted by Gasteiger charge is -2.35. The van der Waals surface area contributed by atoms with Gasteiger partial charge in [-0.3, -0.25) is 0 Å². The van der Waals surface area contributed by atoms with Crippen LogP contribution < -0.4 is 15.4 Å². The number of nitrogens with two attached hydrogens (primary N) is 1. The summed E-state index contributed by atoms with van der Waals surface area (Å²) in [6, 6.07) is 8.11. The molecule has 1 atom stereocenters. The molecular formula is C12H15N3O. The van der Waals surface area contributed by atoms with Crippen LogP contribution >= 0.6 is 0 Å². The van der Waals surface area contributed by atoms with Crippen molar-refractivity contribution in [2.75, 3.05) is 24.3 Å². The summed E-state index contributed by atoms with van der Waals surface area (Å²) in [5.41, 5.74) is 7.46. The summed E-state index contributed by atoms with van der Waals surface area (Å²) in [5, 5.41) is 8.59. The summed E-state index contributed by atoms with van der Waals surface area (Å²) >= 11 is 0. The molecule has 4 nitrogen and oxygen atoms in total. The van der Waals surface area contributed by atoms with Crippen LogP contribution in [0.25, 0.3) is 0 Å². The first-order valence-corrected chi connectivity index (χ1v) is 5.34. The number of benzene rings is 1. The molecule has 1 aromatic carbocycles. The number of rotatable bonds is 2. The Morgan fingerprint density at radius 2 is 2.44 bits per heavy atom. The molecule has 0 aromatic heterocycles. The molecule has 2 rings (SSSR count). The third-order valence-electron chi connectivity index (χ3n) is 2.93. The third-order valence-corrected chi connectivity index (χ3v) is 2.93. The van der Waals surface area contributed by atoms with Gasteiger partial charge in [-0.1, -0.05) is 0 Å². The van der Waals surface area contributed by atoms with E-state index in [4.69, 9.17) is 15.7 Å². The molecule has 2 N–H and O–H groups in total. The minimum atomic E-state index is 0.274. The number of hydrogen-bond donors (Lipinski definition) is 1. The van der Waals surface area contributed by atoms with Crippen molar-refractivity contribution in [1.82, 2.24) is 0 Å². The maximum absolute atomic E-state index is 8.59. The van der Waals surface area contributed by atoms with E-state index in [9.17, 15) is 0 Å². The summed E-state index contributed by atoms with van der Waals surface area (Å²) in [6.07, 6.45) is 1.39. The van der Waals surface area contributed by atoms with Crippen molar-refractivity contribution in [2.24, 2.45) is 0 Å². The Kier molecular flexibility index (Phi) is 2.86. The number of nitriles is 1. The SMILES string of the molecule is CN1c2ccc(N)cc2OCC1CCC#N. The number of nitrogens with zero attached hydrogens (tertiary/aromatic N) is 2. The summed E-state index contributed by atoms with van der Waals surface area (Å²) in [4.78, 5) is 2.16. The molecule has 1 aliphatic heterocycles. The molecule has 1 aromatic rings. The standard InChI is InChI=1S/C12H15N3O/c1-15-10(3-2-6-13)8-16-12-7-9(14)4-5-11(12)15/h4-5,7,10H,2-3,8,14H2,1H3. The van der Waals surface area contributed by atoms with Gasteiger partial charge >= 0.3 is 0 Å². The molecule has 0 bridgehead atoms. The minimum absolute atomic E-state index is 0.274. The van der Waals surface area contributed by atoms with Crippen molar-refractivity contribution in [2.45, 2.75) is 18.9 Å². The highest BCUT2D eigenvalue weighted by atomic mass is 16.5. The molecule has 0 spiro atoms. The number of nitrogen functional groups attached to an aromatic ring is 1. The molecule has 0 saturated heterocycles. The van der Waals surface area contributed by atoms with Crippen molar-refractivity contribution >= 4 is 11.4 Å². The Labute approximate surface area is 95.2 Å². The molecule has 1 aliphatic rings. The average Bonchev–Trinajstić information content (AvgIpc) is 2.28. The van der Waals surface area contributed by atoms with Gasteiger partial charge in [-0.2, -0.15) is 5.26 Å². The van der Waals surface area contributed by atoms with Gasteiger partial charge in [-0.25, -0.2) is 0 Å². The van der Waals surface area contributed by atoms with E-state index in [2.05, 4.69) is 11.0 Å². The van der Waals surface area contributed by atoms with Gasteiger partial charge in [0.15, 0.2) is 0 Å². The van der Waals surface area contributed by atoms with E-state index < -0.39 is 0 Å². The van der Waals surface area contributed by atoms with Crippen LogP contribution in [0.15, 0.2) is 18.2 Å². The van der Waals surface area contributed by atoms with Crippen molar-refractivity contribution in [3.05, 3.63) is 18.2 Å². The quantitative estimate of drug-likeness (QED) is 0.767. The Bertz CT molecular complexity index is 425. The molecule has 1 unspecified atom stereocenters. The predicted octanol–water partition coefficient (Wildman–Crippen LogP) is 1.77. The Morgan fingerprint density at radius 3 is 3.19 bits per heavy atom. The summed E-state index contributed by atoms with van der Waals surface area (Å²) in [6.45, 7) is 0.620. The zero-order valence-corrected chi connectivity index (χ0v) is 9.31. The van der Waals surface area contributed by atoms with Crippen LogP contribution in [0.3, 0.4) is 0 Å². The zero-order chi connectivity index (χ0) is 11.5. The molecule has 0 saturated carbocycles. The second kappa shape index (κ2) is 4.31. The highest BCUT2D eigenvalue weighted by molar-refractivity contribution is 5.65. The Balaban J connectivity index is 2.19. The second-order valence-corrected chi connectivity index (χ2v) is 4.00. The smallest absolute Gasteiger partial charge is 0.144 e. The number of fused-ring (bicyclic) bond motifs is 1. The van der Waals surface area contributed by atoms with Crippen LogP contribution in [0.1, 0.15) is 12.8 Å². The lowest BCUT2D eigenvalue weighted by molar-refractivity contribution is 0.261. The molecule has 0 amide bonds. The molecule has 16 heavy (non-hydrogen) atoms. The molecule has 1 heterocycles. The van der Waals surface area contributed by atoms with Crippen LogP contribution in [-0.4, -0.2) is 19.7 Å². The number of anilines is 2. The fraction of sp³-hybridized carbons (Fsp3) is 0.417. The van der Waals surface area contributed by atoms with Crippen LogP contribution in [-0.2, 0) is 0 Å². The summed E-state index contributed by atoms with van der Waals surface area (Å²) < 4.78 is 5.65. The third kappa shape index (κ3) is 1.89. The maximum atomic E-state index is 8.59. The van der Waals surface area contributed by atoms with Gasteiger partial charge < -0.3 is 15.4 Å². The fourth-order valence-electron chi connectivity index (χ4n) is 1.94. The highest BCUT2D eigenvalue weighted by Crippen LogP contribution is 2.35. The van der Waals surface area contributed by atoms with Gasteiger partial charge in [0.25, 0.3) is 0 Å². The van der Waals surface area contributed by atoms with Crippen molar-refractivity contribution in [3.8, 4) is 11.8 Å². The Morgan fingerprint density at radius 1 is 1.62 bits per heavy atom. The maximum Gasteiger partial charge on any atom is 0.144 e. The monoisotopic (exact) mass is 217 g/mol. The zero-order valence-electron chi connectivity index (χ0n) is 9.31. The van der Waals surface area contributed by atoms with Crippen LogP contribution in [0, 0.1) is 11.3 Å². The van der Waals surface area contributed by atoms with Gasteiger partial charge in [-0.05, 0) is 18.6 Å². The molecular weight excluding hydrogens is 202 g/mol. The number of ether oxygens (including phenoxy) is 1. The topological polar surface area (TPSA) is 62.3 Å². The van der Waals surface area contributed by atoms with Gasteiger partial charge in [0, 0.05) is 25.2 Å². The first-order chi connectivity index (χ1) is 7.72. The van der Waals surface area contributed by atoms with Crippen molar-refractivity contribution < 1.29 is 4.74 Å². The average molecular weight is 217 g/mol. The van der Waals surface area contributed by atoms with E-state index >= 15 is 0 Å². The fourth-order valence-corrected chi connectivity index (χ4v) is 1.94. The predicted molar refractivity (Wildman–Crippen MR) is 63.4 cm³/mol. The summed E-state index contributed by atoms with van der Waals surface area (Å²) in [5.74, 6) is 0.829.